The summed E-state index contributed by atoms with van der Waals surface area (Å²) in [5.41, 5.74) is 1.44. The summed E-state index contributed by atoms with van der Waals surface area (Å²) in [5.74, 6) is 0. The predicted molar refractivity (Wildman–Crippen MR) is 56.7 cm³/mol. The van der Waals surface area contributed by atoms with Gasteiger partial charge in [0, 0.05) is 18.6 Å². The lowest BCUT2D eigenvalue weighted by atomic mass is 10.1. The minimum Gasteiger partial charge on any atom is -0.290 e. The van der Waals surface area contributed by atoms with Crippen molar-refractivity contribution < 1.29 is 0 Å². The highest BCUT2D eigenvalue weighted by Gasteiger charge is 2.32. The fourth-order valence-corrected chi connectivity index (χ4v) is 2.39. The van der Waals surface area contributed by atoms with Crippen molar-refractivity contribution in [3.63, 3.8) is 0 Å². The van der Waals surface area contributed by atoms with Crippen LogP contribution in [0.5, 0.6) is 0 Å². The second-order valence-corrected chi connectivity index (χ2v) is 4.44. The molecule has 1 nitrogen and oxygen atoms in total. The Balaban J connectivity index is 2.00. The quantitative estimate of drug-likeness (QED) is 0.586. The number of nitrogens with zero attached hydrogens (tertiary/aromatic N) is 1. The fraction of sp³-hybridized carbons (Fsp3) is 0.667. The second kappa shape index (κ2) is 3.67. The summed E-state index contributed by atoms with van der Waals surface area (Å²) in [6.07, 6.45) is 11.1. The van der Waals surface area contributed by atoms with Crippen LogP contribution >= 0.6 is 0 Å². The van der Waals surface area contributed by atoms with Crippen LogP contribution in [0.25, 0.3) is 0 Å². The molecular weight excluding hydrogens is 158 g/mol. The molecule has 2 heterocycles. The van der Waals surface area contributed by atoms with E-state index >= 15 is 0 Å². The molecule has 1 saturated heterocycles. The average Bonchev–Trinajstić information content (AvgIpc) is 2.34. The Kier molecular flexibility index (Phi) is 2.54. The Bertz CT molecular complexity index is 236. The molecule has 0 N–H and O–H groups in total. The highest BCUT2D eigenvalue weighted by Crippen LogP contribution is 2.31. The van der Waals surface area contributed by atoms with E-state index in [0.717, 1.165) is 18.6 Å². The van der Waals surface area contributed by atoms with Crippen molar-refractivity contribution in [1.82, 2.24) is 4.90 Å². The van der Waals surface area contributed by atoms with Crippen molar-refractivity contribution in [3.05, 3.63) is 23.8 Å². The van der Waals surface area contributed by atoms with Crippen LogP contribution in [0.4, 0.5) is 0 Å². The SMILES string of the molecule is CC(C)=CCN1C2C=CCC1CC2. The first-order chi connectivity index (χ1) is 6.27. The van der Waals surface area contributed by atoms with Gasteiger partial charge >= 0.3 is 0 Å². The van der Waals surface area contributed by atoms with Crippen LogP contribution in [-0.4, -0.2) is 23.5 Å². The zero-order chi connectivity index (χ0) is 9.26. The van der Waals surface area contributed by atoms with Gasteiger partial charge in [0.1, 0.15) is 0 Å². The molecule has 0 aliphatic carbocycles. The Morgan fingerprint density at radius 1 is 1.46 bits per heavy atom. The van der Waals surface area contributed by atoms with Gasteiger partial charge in [-0.2, -0.15) is 0 Å². The van der Waals surface area contributed by atoms with Gasteiger partial charge in [-0.05, 0) is 33.1 Å². The van der Waals surface area contributed by atoms with Gasteiger partial charge in [-0.3, -0.25) is 4.90 Å². The maximum atomic E-state index is 2.65. The molecule has 0 radical (unpaired) electrons. The van der Waals surface area contributed by atoms with Crippen LogP contribution in [0.15, 0.2) is 23.8 Å². The molecule has 1 heteroatoms. The van der Waals surface area contributed by atoms with E-state index in [1.54, 1.807) is 0 Å². The standard InChI is InChI=1S/C12H19N/c1-10(2)8-9-13-11-4-3-5-12(13)7-6-11/h3-4,8,11-12H,5-7,9H2,1-2H3. The summed E-state index contributed by atoms with van der Waals surface area (Å²) in [7, 11) is 0. The number of fused-ring (bicyclic) bond motifs is 2. The maximum absolute atomic E-state index is 2.65. The van der Waals surface area contributed by atoms with E-state index < -0.39 is 0 Å². The summed E-state index contributed by atoms with van der Waals surface area (Å²) < 4.78 is 0. The predicted octanol–water partition coefficient (Wildman–Crippen LogP) is 2.75. The Morgan fingerprint density at radius 3 is 3.00 bits per heavy atom. The van der Waals surface area contributed by atoms with Crippen LogP contribution in [0.2, 0.25) is 0 Å². The van der Waals surface area contributed by atoms with Gasteiger partial charge in [-0.25, -0.2) is 0 Å². The maximum Gasteiger partial charge on any atom is 0.0285 e. The normalized spacial score (nSPS) is 32.2. The molecule has 2 bridgehead atoms. The van der Waals surface area contributed by atoms with Crippen molar-refractivity contribution in [3.8, 4) is 0 Å². The molecule has 0 aromatic heterocycles. The van der Waals surface area contributed by atoms with Crippen LogP contribution < -0.4 is 0 Å². The number of hydrogen-bond acceptors (Lipinski definition) is 1. The summed E-state index contributed by atoms with van der Waals surface area (Å²) >= 11 is 0. The lowest BCUT2D eigenvalue weighted by molar-refractivity contribution is 0.232. The molecule has 0 amide bonds. The first-order valence-corrected chi connectivity index (χ1v) is 5.33. The van der Waals surface area contributed by atoms with E-state index in [2.05, 4.69) is 37.0 Å². The lowest BCUT2D eigenvalue weighted by Crippen LogP contribution is -2.37. The topological polar surface area (TPSA) is 3.24 Å². The van der Waals surface area contributed by atoms with Crippen molar-refractivity contribution in [2.75, 3.05) is 6.54 Å². The van der Waals surface area contributed by atoms with Gasteiger partial charge < -0.3 is 0 Å². The minimum absolute atomic E-state index is 0.745. The Hall–Kier alpha value is -0.560. The largest absolute Gasteiger partial charge is 0.290 e. The monoisotopic (exact) mass is 177 g/mol. The summed E-state index contributed by atoms with van der Waals surface area (Å²) in [4.78, 5) is 2.65. The van der Waals surface area contributed by atoms with Crippen molar-refractivity contribution in [2.24, 2.45) is 0 Å². The molecular formula is C12H19N. The average molecular weight is 177 g/mol. The van der Waals surface area contributed by atoms with E-state index in [0.29, 0.717) is 0 Å². The van der Waals surface area contributed by atoms with Crippen LogP contribution in [0, 0.1) is 0 Å². The summed E-state index contributed by atoms with van der Waals surface area (Å²) in [6, 6.07) is 1.58. The number of hydrogen-bond donors (Lipinski definition) is 0. The highest BCUT2D eigenvalue weighted by molar-refractivity contribution is 5.10. The fourth-order valence-electron chi connectivity index (χ4n) is 2.39. The van der Waals surface area contributed by atoms with Gasteiger partial charge in [0.25, 0.3) is 0 Å². The third-order valence-corrected chi connectivity index (χ3v) is 3.17. The molecule has 0 saturated carbocycles. The van der Waals surface area contributed by atoms with Gasteiger partial charge in [-0.15, -0.1) is 0 Å². The zero-order valence-electron chi connectivity index (χ0n) is 8.66. The van der Waals surface area contributed by atoms with Crippen LogP contribution in [0.1, 0.15) is 33.1 Å². The first-order valence-electron chi connectivity index (χ1n) is 5.33. The third-order valence-electron chi connectivity index (χ3n) is 3.17. The zero-order valence-corrected chi connectivity index (χ0v) is 8.66. The smallest absolute Gasteiger partial charge is 0.0285 e. The van der Waals surface area contributed by atoms with Gasteiger partial charge in [0.2, 0.25) is 0 Å². The molecule has 0 spiro atoms. The van der Waals surface area contributed by atoms with Gasteiger partial charge in [-0.1, -0.05) is 23.8 Å². The van der Waals surface area contributed by atoms with Crippen molar-refractivity contribution >= 4 is 0 Å². The first kappa shape index (κ1) is 9.01. The molecule has 2 aliphatic heterocycles. The molecule has 0 aromatic carbocycles. The van der Waals surface area contributed by atoms with E-state index in [-0.39, 0.29) is 0 Å². The molecule has 0 aromatic rings. The van der Waals surface area contributed by atoms with E-state index in [1.807, 2.05) is 0 Å². The van der Waals surface area contributed by atoms with Crippen LogP contribution in [-0.2, 0) is 0 Å². The van der Waals surface area contributed by atoms with E-state index in [9.17, 15) is 0 Å². The van der Waals surface area contributed by atoms with E-state index in [1.165, 1.54) is 24.8 Å². The molecule has 1 fully saturated rings. The second-order valence-electron chi connectivity index (χ2n) is 4.44. The molecule has 2 rings (SSSR count). The third kappa shape index (κ3) is 1.86. The summed E-state index contributed by atoms with van der Waals surface area (Å²) in [5, 5.41) is 0. The minimum atomic E-state index is 0.745. The van der Waals surface area contributed by atoms with Crippen molar-refractivity contribution in [2.45, 2.75) is 45.2 Å². The Labute approximate surface area is 81.1 Å². The van der Waals surface area contributed by atoms with Crippen molar-refractivity contribution in [1.29, 1.82) is 0 Å². The number of rotatable bonds is 2. The van der Waals surface area contributed by atoms with Crippen LogP contribution in [0.3, 0.4) is 0 Å². The van der Waals surface area contributed by atoms with E-state index in [4.69, 9.17) is 0 Å². The number of allylic oxidation sites excluding steroid dienone is 1. The molecule has 2 unspecified atom stereocenters. The molecule has 13 heavy (non-hydrogen) atoms. The highest BCUT2D eigenvalue weighted by atomic mass is 15.2. The molecule has 72 valence electrons. The Morgan fingerprint density at radius 2 is 2.31 bits per heavy atom. The summed E-state index contributed by atoms with van der Waals surface area (Å²) in [6.45, 7) is 5.52. The lowest BCUT2D eigenvalue weighted by Gasteiger charge is -2.30. The molecule has 2 atom stereocenters. The van der Waals surface area contributed by atoms with Gasteiger partial charge in [0.15, 0.2) is 0 Å². The van der Waals surface area contributed by atoms with Gasteiger partial charge in [0.05, 0.1) is 0 Å². The molecule has 2 aliphatic rings.